The molecule has 0 heterocycles. The van der Waals surface area contributed by atoms with Gasteiger partial charge in [-0.25, -0.2) is 0 Å². The molecule has 1 aromatic carbocycles. The van der Waals surface area contributed by atoms with Gasteiger partial charge >= 0.3 is 0 Å². The molecule has 1 aromatic rings. The van der Waals surface area contributed by atoms with E-state index < -0.39 is 0 Å². The van der Waals surface area contributed by atoms with Crippen LogP contribution in [0.4, 0.5) is 0 Å². The molecule has 4 nitrogen and oxygen atoms in total. The highest BCUT2D eigenvalue weighted by Gasteiger charge is 2.41. The number of likely N-dealkylation sites (N-methyl/N-ethyl adjacent to an activating group) is 1. The molecule has 4 heteroatoms. The molecule has 0 radical (unpaired) electrons. The predicted octanol–water partition coefficient (Wildman–Crippen LogP) is 3.31. The summed E-state index contributed by atoms with van der Waals surface area (Å²) in [6.07, 6.45) is 5.83. The molecule has 1 N–H and O–H groups in total. The summed E-state index contributed by atoms with van der Waals surface area (Å²) in [6.45, 7) is 0. The van der Waals surface area contributed by atoms with Crippen LogP contribution in [0.3, 0.4) is 0 Å². The summed E-state index contributed by atoms with van der Waals surface area (Å²) in [5, 5.41) is 3.45. The second-order valence-corrected chi connectivity index (χ2v) is 5.66. The lowest BCUT2D eigenvalue weighted by atomic mass is 9.76. The zero-order valence-corrected chi connectivity index (χ0v) is 13.6. The summed E-state index contributed by atoms with van der Waals surface area (Å²) >= 11 is 0. The smallest absolute Gasteiger partial charge is 0.124 e. The number of hydrogen-bond acceptors (Lipinski definition) is 4. The summed E-state index contributed by atoms with van der Waals surface area (Å²) in [5.41, 5.74) is 0.926. The van der Waals surface area contributed by atoms with Gasteiger partial charge in [0.15, 0.2) is 0 Å². The summed E-state index contributed by atoms with van der Waals surface area (Å²) in [5.74, 6) is 1.71. The lowest BCUT2D eigenvalue weighted by Gasteiger charge is -2.43. The highest BCUT2D eigenvalue weighted by molar-refractivity contribution is 5.43. The van der Waals surface area contributed by atoms with Crippen molar-refractivity contribution in [3.05, 3.63) is 23.8 Å². The van der Waals surface area contributed by atoms with E-state index in [1.165, 1.54) is 19.3 Å². The molecule has 1 aliphatic rings. The third-order valence-corrected chi connectivity index (χ3v) is 4.67. The van der Waals surface area contributed by atoms with Crippen LogP contribution in [0.15, 0.2) is 18.2 Å². The van der Waals surface area contributed by atoms with Crippen LogP contribution < -0.4 is 14.8 Å². The fourth-order valence-corrected chi connectivity index (χ4v) is 3.53. The largest absolute Gasteiger partial charge is 0.497 e. The molecule has 0 amide bonds. The topological polar surface area (TPSA) is 39.7 Å². The number of rotatable bonds is 6. The van der Waals surface area contributed by atoms with Crippen LogP contribution in [0.2, 0.25) is 0 Å². The van der Waals surface area contributed by atoms with Crippen LogP contribution >= 0.6 is 0 Å². The molecule has 1 atom stereocenters. The van der Waals surface area contributed by atoms with Crippen LogP contribution in [0.25, 0.3) is 0 Å². The highest BCUT2D eigenvalue weighted by Crippen LogP contribution is 2.44. The molecule has 1 saturated carbocycles. The predicted molar refractivity (Wildman–Crippen MR) is 84.2 cm³/mol. The number of ether oxygens (including phenoxy) is 3. The molecule has 1 aliphatic carbocycles. The Bertz CT molecular complexity index is 455. The Kier molecular flexibility index (Phi) is 5.48. The van der Waals surface area contributed by atoms with E-state index in [2.05, 4.69) is 11.4 Å². The molecule has 118 valence electrons. The maximum Gasteiger partial charge on any atom is 0.124 e. The van der Waals surface area contributed by atoms with Crippen LogP contribution in [0.1, 0.15) is 43.7 Å². The molecule has 0 bridgehead atoms. The number of hydrogen-bond donors (Lipinski definition) is 1. The Morgan fingerprint density at radius 1 is 1.05 bits per heavy atom. The first kappa shape index (κ1) is 16.1. The van der Waals surface area contributed by atoms with Gasteiger partial charge in [-0.2, -0.15) is 0 Å². The fourth-order valence-electron chi connectivity index (χ4n) is 3.53. The SMILES string of the molecule is CNC(c1cc(OC)ccc1OC)C1(OC)CCCCC1. The van der Waals surface area contributed by atoms with Crippen LogP contribution in [0.5, 0.6) is 11.5 Å². The van der Waals surface area contributed by atoms with Crippen molar-refractivity contribution in [3.8, 4) is 11.5 Å². The maximum absolute atomic E-state index is 6.00. The number of nitrogens with one attached hydrogen (secondary N) is 1. The molecular weight excluding hydrogens is 266 g/mol. The van der Waals surface area contributed by atoms with E-state index in [0.717, 1.165) is 29.9 Å². The summed E-state index contributed by atoms with van der Waals surface area (Å²) in [7, 11) is 7.20. The zero-order valence-electron chi connectivity index (χ0n) is 13.6. The van der Waals surface area contributed by atoms with Crippen LogP contribution in [0, 0.1) is 0 Å². The van der Waals surface area contributed by atoms with Gasteiger partial charge < -0.3 is 19.5 Å². The number of methoxy groups -OCH3 is 3. The molecule has 2 rings (SSSR count). The van der Waals surface area contributed by atoms with Gasteiger partial charge in [0, 0.05) is 12.7 Å². The highest BCUT2D eigenvalue weighted by atomic mass is 16.5. The van der Waals surface area contributed by atoms with Crippen LogP contribution in [-0.4, -0.2) is 34.0 Å². The van der Waals surface area contributed by atoms with E-state index in [1.807, 2.05) is 26.3 Å². The van der Waals surface area contributed by atoms with Crippen molar-refractivity contribution in [1.29, 1.82) is 0 Å². The molecule has 0 saturated heterocycles. The molecule has 21 heavy (non-hydrogen) atoms. The molecule has 0 spiro atoms. The van der Waals surface area contributed by atoms with Crippen LogP contribution in [-0.2, 0) is 4.74 Å². The van der Waals surface area contributed by atoms with Crippen molar-refractivity contribution in [2.75, 3.05) is 28.4 Å². The van der Waals surface area contributed by atoms with Gasteiger partial charge in [0.25, 0.3) is 0 Å². The van der Waals surface area contributed by atoms with Gasteiger partial charge in [-0.05, 0) is 38.1 Å². The van der Waals surface area contributed by atoms with Crippen molar-refractivity contribution in [2.24, 2.45) is 0 Å². The Labute approximate surface area is 127 Å². The Balaban J connectivity index is 2.43. The maximum atomic E-state index is 6.00. The van der Waals surface area contributed by atoms with Crippen molar-refractivity contribution in [2.45, 2.75) is 43.7 Å². The minimum atomic E-state index is -0.174. The zero-order chi connectivity index (χ0) is 15.3. The third-order valence-electron chi connectivity index (χ3n) is 4.67. The lowest BCUT2D eigenvalue weighted by molar-refractivity contribution is -0.0675. The monoisotopic (exact) mass is 293 g/mol. The minimum absolute atomic E-state index is 0.0906. The second-order valence-electron chi connectivity index (χ2n) is 5.66. The van der Waals surface area contributed by atoms with Gasteiger partial charge in [0.05, 0.1) is 25.9 Å². The van der Waals surface area contributed by atoms with Crippen molar-refractivity contribution >= 4 is 0 Å². The van der Waals surface area contributed by atoms with E-state index in [0.29, 0.717) is 0 Å². The average Bonchev–Trinajstić information content (AvgIpc) is 2.56. The van der Waals surface area contributed by atoms with Crippen molar-refractivity contribution in [3.63, 3.8) is 0 Å². The van der Waals surface area contributed by atoms with Gasteiger partial charge in [-0.3, -0.25) is 0 Å². The average molecular weight is 293 g/mol. The fraction of sp³-hybridized carbons (Fsp3) is 0.647. The molecular formula is C17H27NO3. The number of benzene rings is 1. The van der Waals surface area contributed by atoms with Gasteiger partial charge in [-0.1, -0.05) is 19.3 Å². The Morgan fingerprint density at radius 2 is 1.76 bits per heavy atom. The van der Waals surface area contributed by atoms with Gasteiger partial charge in [0.1, 0.15) is 11.5 Å². The quantitative estimate of drug-likeness (QED) is 0.873. The first-order chi connectivity index (χ1) is 10.2. The molecule has 0 aromatic heterocycles. The van der Waals surface area contributed by atoms with E-state index in [4.69, 9.17) is 14.2 Å². The first-order valence-corrected chi connectivity index (χ1v) is 7.65. The summed E-state index contributed by atoms with van der Waals surface area (Å²) in [6, 6.07) is 6.03. The molecule has 1 fully saturated rings. The molecule has 1 unspecified atom stereocenters. The van der Waals surface area contributed by atoms with E-state index in [-0.39, 0.29) is 11.6 Å². The van der Waals surface area contributed by atoms with E-state index >= 15 is 0 Å². The van der Waals surface area contributed by atoms with Crippen molar-refractivity contribution in [1.82, 2.24) is 5.32 Å². The minimum Gasteiger partial charge on any atom is -0.497 e. The second kappa shape index (κ2) is 7.14. The van der Waals surface area contributed by atoms with Gasteiger partial charge in [0.2, 0.25) is 0 Å². The normalized spacial score (nSPS) is 19.0. The lowest BCUT2D eigenvalue weighted by Crippen LogP contribution is -2.46. The molecule has 0 aliphatic heterocycles. The van der Waals surface area contributed by atoms with E-state index in [1.54, 1.807) is 14.2 Å². The summed E-state index contributed by atoms with van der Waals surface area (Å²) in [4.78, 5) is 0. The van der Waals surface area contributed by atoms with E-state index in [9.17, 15) is 0 Å². The first-order valence-electron chi connectivity index (χ1n) is 7.65. The summed E-state index contributed by atoms with van der Waals surface area (Å²) < 4.78 is 16.9. The van der Waals surface area contributed by atoms with Gasteiger partial charge in [-0.15, -0.1) is 0 Å². The third kappa shape index (κ3) is 3.16. The standard InChI is InChI=1S/C17H27NO3/c1-18-16(17(21-4)10-6-5-7-11-17)14-12-13(19-2)8-9-15(14)20-3/h8-9,12,16,18H,5-7,10-11H2,1-4H3. The Hall–Kier alpha value is -1.26. The van der Waals surface area contributed by atoms with Crippen molar-refractivity contribution < 1.29 is 14.2 Å². The Morgan fingerprint density at radius 3 is 2.29 bits per heavy atom.